The quantitative estimate of drug-likeness (QED) is 0.432. The van der Waals surface area contributed by atoms with Crippen molar-refractivity contribution >= 4 is 5.91 Å². The molecule has 0 atom stereocenters. The number of nitrogens with one attached hydrogen (secondary N) is 1. The molecule has 0 spiro atoms. The van der Waals surface area contributed by atoms with E-state index in [2.05, 4.69) is 10.3 Å². The Bertz CT molecular complexity index is 1180. The summed E-state index contributed by atoms with van der Waals surface area (Å²) in [6, 6.07) is 19.6. The molecule has 3 aromatic carbocycles. The van der Waals surface area contributed by atoms with Crippen LogP contribution >= 0.6 is 0 Å². The topological polar surface area (TPSA) is 46.9 Å². The summed E-state index contributed by atoms with van der Waals surface area (Å²) in [7, 11) is 0. The molecule has 1 aromatic heterocycles. The summed E-state index contributed by atoms with van der Waals surface area (Å²) in [5.74, 6) is -0.289. The summed E-state index contributed by atoms with van der Waals surface area (Å²) in [6.45, 7) is 1.05. The molecule has 1 heterocycles. The monoisotopic (exact) mass is 435 g/mol. The van der Waals surface area contributed by atoms with E-state index in [0.29, 0.717) is 29.8 Å². The minimum Gasteiger partial charge on any atom is -0.348 e. The number of hydrogen-bond acceptors (Lipinski definition) is 2. The lowest BCUT2D eigenvalue weighted by Crippen LogP contribution is -2.23. The summed E-state index contributed by atoms with van der Waals surface area (Å²) in [4.78, 5) is 16.8. The van der Waals surface area contributed by atoms with Gasteiger partial charge >= 0.3 is 6.18 Å². The van der Waals surface area contributed by atoms with Gasteiger partial charge in [0.15, 0.2) is 0 Å². The fraction of sp³-hybridized carbons (Fsp3) is 0.120. The van der Waals surface area contributed by atoms with Gasteiger partial charge in [0.2, 0.25) is 0 Å². The molecule has 0 bridgehead atoms. The van der Waals surface area contributed by atoms with Crippen molar-refractivity contribution in [1.29, 1.82) is 0 Å². The molecule has 0 radical (unpaired) electrons. The molecule has 1 N–H and O–H groups in total. The molecule has 0 aliphatic rings. The van der Waals surface area contributed by atoms with Crippen molar-refractivity contribution in [2.75, 3.05) is 0 Å². The van der Waals surface area contributed by atoms with Crippen LogP contribution in [0.15, 0.2) is 91.5 Å². The lowest BCUT2D eigenvalue weighted by atomic mass is 9.98. The zero-order valence-corrected chi connectivity index (χ0v) is 17.0. The predicted molar refractivity (Wildman–Crippen MR) is 116 cm³/mol. The lowest BCUT2D eigenvalue weighted by Gasteiger charge is -2.12. The van der Waals surface area contributed by atoms with Gasteiger partial charge in [0, 0.05) is 31.0 Å². The molecule has 7 heteroatoms. The molecule has 0 saturated carbocycles. The molecule has 0 unspecified atom stereocenters. The first-order chi connectivity index (χ1) is 15.4. The Morgan fingerprint density at radius 1 is 0.906 bits per heavy atom. The number of halogens is 3. The van der Waals surface area contributed by atoms with E-state index in [1.165, 1.54) is 12.1 Å². The Balaban J connectivity index is 1.44. The van der Waals surface area contributed by atoms with Gasteiger partial charge < -0.3 is 9.88 Å². The van der Waals surface area contributed by atoms with Gasteiger partial charge in [-0.3, -0.25) is 4.79 Å². The number of nitrogens with zero attached hydrogens (tertiary/aromatic N) is 2. The van der Waals surface area contributed by atoms with Gasteiger partial charge in [0.05, 0.1) is 11.9 Å². The van der Waals surface area contributed by atoms with Crippen molar-refractivity contribution < 1.29 is 18.0 Å². The van der Waals surface area contributed by atoms with Gasteiger partial charge in [-0.25, -0.2) is 4.98 Å². The van der Waals surface area contributed by atoms with Crippen LogP contribution in [0, 0.1) is 0 Å². The largest absolute Gasteiger partial charge is 0.416 e. The smallest absolute Gasteiger partial charge is 0.348 e. The van der Waals surface area contributed by atoms with Crippen LogP contribution < -0.4 is 5.32 Å². The average molecular weight is 435 g/mol. The normalized spacial score (nSPS) is 11.3. The summed E-state index contributed by atoms with van der Waals surface area (Å²) in [6.07, 6.45) is 0.973. The Kier molecular flexibility index (Phi) is 6.07. The number of hydrogen-bond donors (Lipinski definition) is 1. The molecule has 4 aromatic rings. The minimum absolute atomic E-state index is 0.289. The van der Waals surface area contributed by atoms with Crippen LogP contribution in [0.25, 0.3) is 11.1 Å². The Morgan fingerprint density at radius 3 is 2.25 bits per heavy atom. The average Bonchev–Trinajstić information content (AvgIpc) is 3.31. The predicted octanol–water partition coefficient (Wildman–Crippen LogP) is 5.55. The second-order valence-electron chi connectivity index (χ2n) is 7.35. The third-order valence-electron chi connectivity index (χ3n) is 5.10. The van der Waals surface area contributed by atoms with Crippen molar-refractivity contribution in [2.45, 2.75) is 19.3 Å². The van der Waals surface area contributed by atoms with Gasteiger partial charge in [-0.05, 0) is 40.5 Å². The van der Waals surface area contributed by atoms with Crippen LogP contribution in [0.1, 0.15) is 27.0 Å². The van der Waals surface area contributed by atoms with Gasteiger partial charge in [0.25, 0.3) is 5.91 Å². The second kappa shape index (κ2) is 9.09. The Morgan fingerprint density at radius 2 is 1.59 bits per heavy atom. The zero-order valence-electron chi connectivity index (χ0n) is 17.0. The first-order valence-electron chi connectivity index (χ1n) is 9.98. The molecule has 0 aliphatic heterocycles. The van der Waals surface area contributed by atoms with Crippen LogP contribution in [0.4, 0.5) is 13.2 Å². The number of amides is 1. The fourth-order valence-electron chi connectivity index (χ4n) is 3.40. The maximum absolute atomic E-state index is 12.8. The third-order valence-corrected chi connectivity index (χ3v) is 5.10. The van der Waals surface area contributed by atoms with Gasteiger partial charge in [-0.2, -0.15) is 13.2 Å². The van der Waals surface area contributed by atoms with Crippen LogP contribution in [0.5, 0.6) is 0 Å². The van der Waals surface area contributed by atoms with Crippen LogP contribution in [0.2, 0.25) is 0 Å². The first kappa shape index (κ1) is 21.4. The highest BCUT2D eigenvalue weighted by atomic mass is 19.4. The molecule has 1 amide bonds. The molecule has 4 rings (SSSR count). The number of rotatable bonds is 6. The zero-order chi connectivity index (χ0) is 22.6. The highest BCUT2D eigenvalue weighted by Gasteiger charge is 2.30. The number of benzene rings is 3. The van der Waals surface area contributed by atoms with E-state index >= 15 is 0 Å². The van der Waals surface area contributed by atoms with E-state index in [1.54, 1.807) is 36.8 Å². The number of carbonyl (C=O) groups is 1. The Hall–Kier alpha value is -3.87. The number of aromatic nitrogens is 2. The van der Waals surface area contributed by atoms with E-state index in [4.69, 9.17) is 0 Å². The highest BCUT2D eigenvalue weighted by molar-refractivity contribution is 6.00. The van der Waals surface area contributed by atoms with Crippen molar-refractivity contribution in [3.05, 3.63) is 114 Å². The second-order valence-corrected chi connectivity index (χ2v) is 7.35. The lowest BCUT2D eigenvalue weighted by molar-refractivity contribution is -0.137. The van der Waals surface area contributed by atoms with E-state index in [0.717, 1.165) is 23.3 Å². The number of imidazole rings is 1. The van der Waals surface area contributed by atoms with Crippen LogP contribution in [-0.4, -0.2) is 15.5 Å². The molecule has 0 fully saturated rings. The fourth-order valence-corrected chi connectivity index (χ4v) is 3.40. The summed E-state index contributed by atoms with van der Waals surface area (Å²) < 4.78 is 40.5. The molecule has 162 valence electrons. The minimum atomic E-state index is -4.40. The first-order valence-corrected chi connectivity index (χ1v) is 9.98. The number of alkyl halides is 3. The maximum Gasteiger partial charge on any atom is 0.416 e. The van der Waals surface area contributed by atoms with Gasteiger partial charge in [0.1, 0.15) is 0 Å². The highest BCUT2D eigenvalue weighted by Crippen LogP contribution is 2.31. The standard InChI is InChI=1S/C25H20F3N3O/c26-25(27,28)21-11-9-20(10-12-21)22-3-1-2-4-23(22)24(32)30-15-18-5-7-19(8-6-18)16-31-14-13-29-17-31/h1-14,17H,15-16H2,(H,30,32). The number of carbonyl (C=O) groups excluding carboxylic acids is 1. The van der Waals surface area contributed by atoms with Gasteiger partial charge in [-0.15, -0.1) is 0 Å². The molecular weight excluding hydrogens is 415 g/mol. The van der Waals surface area contributed by atoms with Crippen molar-refractivity contribution in [3.8, 4) is 11.1 Å². The van der Waals surface area contributed by atoms with Crippen molar-refractivity contribution in [2.24, 2.45) is 0 Å². The molecule has 32 heavy (non-hydrogen) atoms. The summed E-state index contributed by atoms with van der Waals surface area (Å²) >= 11 is 0. The van der Waals surface area contributed by atoms with E-state index in [-0.39, 0.29) is 5.91 Å². The molecule has 0 aliphatic carbocycles. The van der Waals surface area contributed by atoms with E-state index < -0.39 is 11.7 Å². The summed E-state index contributed by atoms with van der Waals surface area (Å²) in [5.41, 5.74) is 2.87. The van der Waals surface area contributed by atoms with Crippen LogP contribution in [0.3, 0.4) is 0 Å². The van der Waals surface area contributed by atoms with Crippen LogP contribution in [-0.2, 0) is 19.3 Å². The SMILES string of the molecule is O=C(NCc1ccc(Cn2ccnc2)cc1)c1ccccc1-c1ccc(C(F)(F)F)cc1. The molecular formula is C25H20F3N3O. The maximum atomic E-state index is 12.8. The molecule has 0 saturated heterocycles. The van der Waals surface area contributed by atoms with E-state index in [1.807, 2.05) is 35.0 Å². The van der Waals surface area contributed by atoms with Crippen molar-refractivity contribution in [3.63, 3.8) is 0 Å². The third kappa shape index (κ3) is 5.06. The summed E-state index contributed by atoms with van der Waals surface area (Å²) in [5, 5.41) is 2.89. The Labute approximate surface area is 183 Å². The van der Waals surface area contributed by atoms with Crippen molar-refractivity contribution in [1.82, 2.24) is 14.9 Å². The van der Waals surface area contributed by atoms with Gasteiger partial charge in [-0.1, -0.05) is 54.6 Å². The van der Waals surface area contributed by atoms with E-state index in [9.17, 15) is 18.0 Å². The molecule has 4 nitrogen and oxygen atoms in total.